The van der Waals surface area contributed by atoms with E-state index in [1.165, 1.54) is 17.2 Å². The Morgan fingerprint density at radius 3 is 2.49 bits per heavy atom. The van der Waals surface area contributed by atoms with Gasteiger partial charge in [0.05, 0.1) is 6.04 Å². The fourth-order valence-electron chi connectivity index (χ4n) is 10.6. The number of rotatable bonds is 8. The van der Waals surface area contributed by atoms with Gasteiger partial charge in [-0.15, -0.1) is 0 Å². The van der Waals surface area contributed by atoms with Gasteiger partial charge in [-0.3, -0.25) is 39.4 Å². The van der Waals surface area contributed by atoms with Crippen molar-refractivity contribution >= 4 is 70.0 Å². The molecule has 5 N–H and O–H groups in total. The van der Waals surface area contributed by atoms with Crippen molar-refractivity contribution in [1.82, 2.24) is 25.8 Å². The number of fused-ring (bicyclic) bond motifs is 4. The van der Waals surface area contributed by atoms with Crippen LogP contribution in [-0.4, -0.2) is 69.5 Å². The molecule has 1 aliphatic carbocycles. The molecule has 2 spiro atoms. The van der Waals surface area contributed by atoms with Crippen molar-refractivity contribution in [2.45, 2.75) is 101 Å². The largest absolute Gasteiger partial charge is 0.352 e. The molecule has 4 atom stereocenters. The number of hydrogen-bond acceptors (Lipinski definition) is 8. The van der Waals surface area contributed by atoms with Crippen molar-refractivity contribution in [1.29, 1.82) is 0 Å². The number of nitrogens with zero attached hydrogens (tertiary/aromatic N) is 2. The molecule has 1 aromatic heterocycles. The lowest BCUT2D eigenvalue weighted by molar-refractivity contribution is -0.137. The Morgan fingerprint density at radius 1 is 0.969 bits per heavy atom. The van der Waals surface area contributed by atoms with Crippen LogP contribution in [0.1, 0.15) is 114 Å². The second-order valence-corrected chi connectivity index (χ2v) is 19.1. The van der Waals surface area contributed by atoms with E-state index in [0.717, 1.165) is 18.4 Å². The maximum Gasteiger partial charge on any atom is 0.255 e. The van der Waals surface area contributed by atoms with Crippen LogP contribution in [0.5, 0.6) is 0 Å². The van der Waals surface area contributed by atoms with Gasteiger partial charge in [-0.25, -0.2) is 9.37 Å². The molecule has 2 saturated heterocycles. The first-order chi connectivity index (χ1) is 31.1. The molecular formula is C49H46Cl2FN7O6. The van der Waals surface area contributed by atoms with Crippen LogP contribution in [-0.2, 0) is 31.1 Å². The van der Waals surface area contributed by atoms with E-state index >= 15 is 4.39 Å². The molecule has 6 amide bonds. The summed E-state index contributed by atoms with van der Waals surface area (Å²) in [5.74, 6) is 2.18. The normalized spacial score (nSPS) is 23.6. The number of hydrogen-bond donors (Lipinski definition) is 5. The third-order valence-electron chi connectivity index (χ3n) is 13.9. The fraction of sp³-hybridized carbons (Fsp3) is 0.367. The minimum atomic E-state index is -1.42. The molecule has 13 nitrogen and oxygen atoms in total. The molecule has 4 aromatic rings. The van der Waals surface area contributed by atoms with E-state index in [0.29, 0.717) is 70.9 Å². The summed E-state index contributed by atoms with van der Waals surface area (Å²) in [7, 11) is 0. The number of anilines is 2. The predicted molar refractivity (Wildman–Crippen MR) is 242 cm³/mol. The number of amides is 6. The summed E-state index contributed by atoms with van der Waals surface area (Å²) in [6.07, 6.45) is 5.43. The maximum absolute atomic E-state index is 16.3. The van der Waals surface area contributed by atoms with E-state index < -0.39 is 46.6 Å². The summed E-state index contributed by atoms with van der Waals surface area (Å²) >= 11 is 12.7. The minimum Gasteiger partial charge on any atom is -0.352 e. The number of aromatic nitrogens is 1. The van der Waals surface area contributed by atoms with E-state index in [9.17, 15) is 28.8 Å². The van der Waals surface area contributed by atoms with Crippen molar-refractivity contribution in [2.75, 3.05) is 17.2 Å². The number of carbonyl (C=O) groups excluding carboxylic acids is 6. The second-order valence-electron chi connectivity index (χ2n) is 18.3. The Morgan fingerprint density at radius 2 is 1.74 bits per heavy atom. The van der Waals surface area contributed by atoms with Crippen molar-refractivity contribution in [3.8, 4) is 11.8 Å². The third kappa shape index (κ3) is 7.73. The maximum atomic E-state index is 16.3. The summed E-state index contributed by atoms with van der Waals surface area (Å²) < 4.78 is 16.3. The fourth-order valence-corrected chi connectivity index (χ4v) is 10.9. The zero-order chi connectivity index (χ0) is 45.8. The number of nitrogens with one attached hydrogen (secondary N) is 5. The zero-order valence-corrected chi connectivity index (χ0v) is 37.2. The summed E-state index contributed by atoms with van der Waals surface area (Å²) in [4.78, 5) is 85.2. The molecule has 9 rings (SSSR count). The van der Waals surface area contributed by atoms with Gasteiger partial charge in [-0.1, -0.05) is 61.0 Å². The van der Waals surface area contributed by atoms with Crippen LogP contribution in [0.3, 0.4) is 0 Å². The van der Waals surface area contributed by atoms with E-state index in [1.807, 2.05) is 6.07 Å². The van der Waals surface area contributed by atoms with E-state index in [-0.39, 0.29) is 59.1 Å². The highest BCUT2D eigenvalue weighted by molar-refractivity contribution is 6.31. The predicted octanol–water partition coefficient (Wildman–Crippen LogP) is 6.77. The van der Waals surface area contributed by atoms with Crippen LogP contribution in [0.25, 0.3) is 0 Å². The number of piperidine rings is 1. The first-order valence-electron chi connectivity index (χ1n) is 21.8. The Bertz CT molecular complexity index is 2740. The number of pyridine rings is 1. The molecule has 0 radical (unpaired) electrons. The van der Waals surface area contributed by atoms with Crippen LogP contribution >= 0.6 is 23.2 Å². The summed E-state index contributed by atoms with van der Waals surface area (Å²) in [5, 5.41) is 14.9. The second kappa shape index (κ2) is 17.0. The van der Waals surface area contributed by atoms with Crippen LogP contribution in [0.4, 0.5) is 15.8 Å². The van der Waals surface area contributed by atoms with Crippen molar-refractivity contribution < 1.29 is 33.2 Å². The van der Waals surface area contributed by atoms with Gasteiger partial charge in [0.1, 0.15) is 11.5 Å². The quantitative estimate of drug-likeness (QED) is 0.0556. The molecular weight excluding hydrogens is 872 g/mol. The summed E-state index contributed by atoms with van der Waals surface area (Å²) in [6.45, 7) is 4.93. The van der Waals surface area contributed by atoms with Gasteiger partial charge in [0, 0.05) is 76.7 Å². The molecule has 5 heterocycles. The standard InChI is InChI=1S/C49H46Cl2FN7O6/c1-47(2)19-21-48(22-20-47)49(34-15-12-29(50)25-35(34)56-46(49)65)38(32-18-24-53-41(51)39(32)52)40(58-48)44(63)55-30-13-10-28(11-14-30)42(61)54-23-5-3-4-7-27-8-6-9-31-33(27)26-59(45(31)64)36-16-17-37(60)57-43(36)62/h6,8-15,18,24-25,36,38,40,58H,3,5,16-17,19-23,26H2,1-2H3,(H,54,61)(H,55,63)(H,56,65)(H,57,60,62)/t36?,38-,40+,49+/m0/s1. The monoisotopic (exact) mass is 917 g/mol. The van der Waals surface area contributed by atoms with Crippen LogP contribution in [0.15, 0.2) is 72.9 Å². The first-order valence-corrected chi connectivity index (χ1v) is 22.5. The van der Waals surface area contributed by atoms with E-state index in [4.69, 9.17) is 23.2 Å². The highest BCUT2D eigenvalue weighted by atomic mass is 35.5. The van der Waals surface area contributed by atoms with Crippen molar-refractivity contribution in [3.63, 3.8) is 0 Å². The number of carbonyl (C=O) groups is 6. The Labute approximate surface area is 385 Å². The molecule has 16 heteroatoms. The molecule has 65 heavy (non-hydrogen) atoms. The van der Waals surface area contributed by atoms with Gasteiger partial charge < -0.3 is 20.9 Å². The van der Waals surface area contributed by atoms with Gasteiger partial charge in [0.2, 0.25) is 23.6 Å². The lowest BCUT2D eigenvalue weighted by Crippen LogP contribution is -2.61. The molecule has 3 fully saturated rings. The van der Waals surface area contributed by atoms with Crippen LogP contribution in [0, 0.1) is 23.1 Å². The van der Waals surface area contributed by atoms with Crippen molar-refractivity contribution in [3.05, 3.63) is 122 Å². The molecule has 1 saturated carbocycles. The van der Waals surface area contributed by atoms with Crippen LogP contribution < -0.4 is 26.6 Å². The SMILES string of the molecule is CC1(C)CCC2(CC1)N[C@@H](C(=O)Nc1ccc(C(=O)NCCCC#Cc3cccc4c3CN(C3CCC(=O)NC3=O)C4=O)cc1)[C@H](c1ccnc(Cl)c1F)[C@]21C(=O)Nc2cc(Cl)ccc21. The smallest absolute Gasteiger partial charge is 0.255 e. The number of imide groups is 1. The highest BCUT2D eigenvalue weighted by Gasteiger charge is 2.73. The number of halogens is 3. The minimum absolute atomic E-state index is 0.0196. The lowest BCUT2D eigenvalue weighted by Gasteiger charge is -2.50. The zero-order valence-electron chi connectivity index (χ0n) is 35.7. The lowest BCUT2D eigenvalue weighted by atomic mass is 9.53. The van der Waals surface area contributed by atoms with Gasteiger partial charge in [-0.2, -0.15) is 0 Å². The Balaban J connectivity index is 0.872. The summed E-state index contributed by atoms with van der Waals surface area (Å²) in [5.41, 5.74) is 1.53. The molecule has 3 aromatic carbocycles. The van der Waals surface area contributed by atoms with Crippen molar-refractivity contribution in [2.24, 2.45) is 5.41 Å². The average molecular weight is 919 g/mol. The van der Waals surface area contributed by atoms with Gasteiger partial charge in [-0.05, 0) is 115 Å². The summed E-state index contributed by atoms with van der Waals surface area (Å²) in [6, 6.07) is 16.6. The molecule has 4 aliphatic heterocycles. The Kier molecular flexibility index (Phi) is 11.5. The Hall–Kier alpha value is -6.14. The molecule has 334 valence electrons. The molecule has 1 unspecified atom stereocenters. The van der Waals surface area contributed by atoms with Gasteiger partial charge in [0.25, 0.3) is 11.8 Å². The topological polar surface area (TPSA) is 179 Å². The number of benzene rings is 3. The molecule has 0 bridgehead atoms. The highest BCUT2D eigenvalue weighted by Crippen LogP contribution is 2.64. The molecule has 5 aliphatic rings. The number of unbranched alkanes of at least 4 members (excludes halogenated alkanes) is 1. The van der Waals surface area contributed by atoms with Crippen LogP contribution in [0.2, 0.25) is 10.2 Å². The van der Waals surface area contributed by atoms with Gasteiger partial charge >= 0.3 is 0 Å². The van der Waals surface area contributed by atoms with E-state index in [2.05, 4.69) is 57.3 Å². The first kappa shape index (κ1) is 44.1. The van der Waals surface area contributed by atoms with Gasteiger partial charge in [0.15, 0.2) is 11.0 Å². The van der Waals surface area contributed by atoms with E-state index in [1.54, 1.807) is 54.6 Å². The third-order valence-corrected chi connectivity index (χ3v) is 14.4. The average Bonchev–Trinajstić information content (AvgIpc) is 3.88.